The maximum absolute atomic E-state index is 6.17. The van der Waals surface area contributed by atoms with Gasteiger partial charge in [0.25, 0.3) is 0 Å². The van der Waals surface area contributed by atoms with Gasteiger partial charge in [0.05, 0.1) is 5.02 Å². The Morgan fingerprint density at radius 2 is 2.06 bits per heavy atom. The van der Waals surface area contributed by atoms with Crippen LogP contribution in [0.4, 0.5) is 0 Å². The van der Waals surface area contributed by atoms with Gasteiger partial charge in [-0.15, -0.1) is 11.3 Å². The lowest BCUT2D eigenvalue weighted by molar-refractivity contribution is 0.733. The summed E-state index contributed by atoms with van der Waals surface area (Å²) in [6.07, 6.45) is 0.840. The molecule has 0 aliphatic heterocycles. The van der Waals surface area contributed by atoms with E-state index in [2.05, 4.69) is 19.1 Å². The summed E-state index contributed by atoms with van der Waals surface area (Å²) in [5, 5.41) is 2.76. The predicted molar refractivity (Wildman–Crippen MR) is 71.1 cm³/mol. The second-order valence-corrected chi connectivity index (χ2v) is 5.22. The number of nitrogens with two attached hydrogens (primary N) is 1. The quantitative estimate of drug-likeness (QED) is 0.878. The van der Waals surface area contributed by atoms with E-state index in [0.29, 0.717) is 0 Å². The van der Waals surface area contributed by atoms with Crippen LogP contribution < -0.4 is 5.73 Å². The third-order valence-electron chi connectivity index (χ3n) is 2.68. The van der Waals surface area contributed by atoms with Crippen LogP contribution in [0, 0.1) is 6.92 Å². The molecule has 2 rings (SSSR count). The zero-order valence-electron chi connectivity index (χ0n) is 9.11. The first kappa shape index (κ1) is 11.6. The fourth-order valence-corrected chi connectivity index (χ4v) is 2.94. The van der Waals surface area contributed by atoms with E-state index in [1.165, 1.54) is 11.1 Å². The lowest BCUT2D eigenvalue weighted by atomic mass is 10.0. The molecular formula is C13H14ClNS. The second kappa shape index (κ2) is 5.00. The molecule has 1 unspecified atom stereocenters. The summed E-state index contributed by atoms with van der Waals surface area (Å²) in [6, 6.07) is 10.2. The van der Waals surface area contributed by atoms with Crippen molar-refractivity contribution in [3.8, 4) is 0 Å². The summed E-state index contributed by atoms with van der Waals surface area (Å²) in [7, 11) is 0. The maximum atomic E-state index is 6.17. The van der Waals surface area contributed by atoms with Crippen LogP contribution in [0.15, 0.2) is 35.7 Å². The normalized spacial score (nSPS) is 12.7. The van der Waals surface area contributed by atoms with Gasteiger partial charge in [-0.25, -0.2) is 0 Å². The molecule has 2 aromatic rings. The Kier molecular flexibility index (Phi) is 3.64. The number of rotatable bonds is 3. The van der Waals surface area contributed by atoms with Gasteiger partial charge in [0.2, 0.25) is 0 Å². The molecule has 16 heavy (non-hydrogen) atoms. The first-order valence-corrected chi connectivity index (χ1v) is 6.47. The van der Waals surface area contributed by atoms with Crippen LogP contribution in [-0.4, -0.2) is 0 Å². The zero-order chi connectivity index (χ0) is 11.5. The minimum atomic E-state index is -0.00593. The number of thiophene rings is 1. The van der Waals surface area contributed by atoms with Gasteiger partial charge in [0, 0.05) is 10.9 Å². The van der Waals surface area contributed by atoms with Crippen LogP contribution in [0.2, 0.25) is 5.02 Å². The van der Waals surface area contributed by atoms with Crippen molar-refractivity contribution in [1.29, 1.82) is 0 Å². The van der Waals surface area contributed by atoms with Crippen LogP contribution in [-0.2, 0) is 6.42 Å². The molecule has 0 bridgehead atoms. The summed E-state index contributed by atoms with van der Waals surface area (Å²) in [6.45, 7) is 2.11. The molecule has 2 N–H and O–H groups in total. The van der Waals surface area contributed by atoms with E-state index >= 15 is 0 Å². The molecule has 3 heteroatoms. The molecule has 0 radical (unpaired) electrons. The molecule has 1 aromatic heterocycles. The van der Waals surface area contributed by atoms with Crippen molar-refractivity contribution in [2.24, 2.45) is 5.73 Å². The summed E-state index contributed by atoms with van der Waals surface area (Å²) in [5.74, 6) is 0. The van der Waals surface area contributed by atoms with Gasteiger partial charge >= 0.3 is 0 Å². The van der Waals surface area contributed by atoms with Crippen LogP contribution >= 0.6 is 22.9 Å². The lowest BCUT2D eigenvalue weighted by Gasteiger charge is -2.12. The molecule has 0 saturated heterocycles. The molecule has 0 aliphatic carbocycles. The van der Waals surface area contributed by atoms with E-state index in [1.807, 2.05) is 23.6 Å². The summed E-state index contributed by atoms with van der Waals surface area (Å²) in [4.78, 5) is 1.07. The summed E-state index contributed by atoms with van der Waals surface area (Å²) < 4.78 is 0. The van der Waals surface area contributed by atoms with Crippen molar-refractivity contribution < 1.29 is 0 Å². The van der Waals surface area contributed by atoms with Gasteiger partial charge in [-0.05, 0) is 35.9 Å². The standard InChI is InChI=1S/C13H14ClNS/c1-9-4-2-3-5-10(9)8-12(15)13-11(14)6-7-16-13/h2-7,12H,8,15H2,1H3. The second-order valence-electron chi connectivity index (χ2n) is 3.87. The Bertz CT molecular complexity index is 478. The van der Waals surface area contributed by atoms with E-state index in [0.717, 1.165) is 16.3 Å². The van der Waals surface area contributed by atoms with Crippen LogP contribution in [0.1, 0.15) is 22.0 Å². The van der Waals surface area contributed by atoms with Crippen LogP contribution in [0.3, 0.4) is 0 Å². The average Bonchev–Trinajstić information content (AvgIpc) is 2.68. The van der Waals surface area contributed by atoms with Crippen molar-refractivity contribution in [3.63, 3.8) is 0 Å². The van der Waals surface area contributed by atoms with E-state index < -0.39 is 0 Å². The Labute approximate surface area is 105 Å². The SMILES string of the molecule is Cc1ccccc1CC(N)c1sccc1Cl. The van der Waals surface area contributed by atoms with Crippen molar-refractivity contribution in [2.45, 2.75) is 19.4 Å². The van der Waals surface area contributed by atoms with Gasteiger partial charge in [0.15, 0.2) is 0 Å². The minimum Gasteiger partial charge on any atom is -0.323 e. The number of hydrogen-bond acceptors (Lipinski definition) is 2. The first-order valence-electron chi connectivity index (χ1n) is 5.21. The van der Waals surface area contributed by atoms with Crippen molar-refractivity contribution >= 4 is 22.9 Å². The fourth-order valence-electron chi connectivity index (χ4n) is 1.74. The number of hydrogen-bond donors (Lipinski definition) is 1. The Balaban J connectivity index is 2.17. The van der Waals surface area contributed by atoms with E-state index in [1.54, 1.807) is 11.3 Å². The van der Waals surface area contributed by atoms with Crippen molar-refractivity contribution in [3.05, 3.63) is 56.7 Å². The number of halogens is 1. The Morgan fingerprint density at radius 1 is 1.31 bits per heavy atom. The predicted octanol–water partition coefficient (Wildman–Crippen LogP) is 3.95. The topological polar surface area (TPSA) is 26.0 Å². The van der Waals surface area contributed by atoms with E-state index in [4.69, 9.17) is 17.3 Å². The monoisotopic (exact) mass is 251 g/mol. The highest BCUT2D eigenvalue weighted by molar-refractivity contribution is 7.10. The average molecular weight is 252 g/mol. The first-order chi connectivity index (χ1) is 7.68. The maximum Gasteiger partial charge on any atom is 0.0561 e. The van der Waals surface area contributed by atoms with Gasteiger partial charge in [-0.1, -0.05) is 35.9 Å². The molecule has 1 heterocycles. The van der Waals surface area contributed by atoms with E-state index in [-0.39, 0.29) is 6.04 Å². The Hall–Kier alpha value is -0.830. The molecular weight excluding hydrogens is 238 g/mol. The highest BCUT2D eigenvalue weighted by atomic mass is 35.5. The molecule has 0 saturated carbocycles. The smallest absolute Gasteiger partial charge is 0.0561 e. The van der Waals surface area contributed by atoms with Gasteiger partial charge < -0.3 is 5.73 Å². The van der Waals surface area contributed by atoms with Crippen molar-refractivity contribution in [2.75, 3.05) is 0 Å². The zero-order valence-corrected chi connectivity index (χ0v) is 10.7. The lowest BCUT2D eigenvalue weighted by Crippen LogP contribution is -2.12. The largest absolute Gasteiger partial charge is 0.323 e. The molecule has 1 nitrogen and oxygen atoms in total. The van der Waals surface area contributed by atoms with Gasteiger partial charge in [0.1, 0.15) is 0 Å². The highest BCUT2D eigenvalue weighted by Gasteiger charge is 2.12. The molecule has 84 valence electrons. The number of benzene rings is 1. The minimum absolute atomic E-state index is 0.00593. The van der Waals surface area contributed by atoms with Crippen LogP contribution in [0.5, 0.6) is 0 Å². The summed E-state index contributed by atoms with van der Waals surface area (Å²) in [5.41, 5.74) is 8.74. The third kappa shape index (κ3) is 2.46. The van der Waals surface area contributed by atoms with Crippen LogP contribution in [0.25, 0.3) is 0 Å². The molecule has 0 fully saturated rings. The van der Waals surface area contributed by atoms with Crippen molar-refractivity contribution in [1.82, 2.24) is 0 Å². The van der Waals surface area contributed by atoms with Gasteiger partial charge in [-0.2, -0.15) is 0 Å². The molecule has 0 amide bonds. The molecule has 1 aromatic carbocycles. The Morgan fingerprint density at radius 3 is 2.69 bits per heavy atom. The number of aryl methyl sites for hydroxylation is 1. The summed E-state index contributed by atoms with van der Waals surface area (Å²) >= 11 is 7.70. The van der Waals surface area contributed by atoms with Gasteiger partial charge in [-0.3, -0.25) is 0 Å². The third-order valence-corrected chi connectivity index (χ3v) is 4.17. The molecule has 0 spiro atoms. The molecule has 1 atom stereocenters. The highest BCUT2D eigenvalue weighted by Crippen LogP contribution is 2.29. The fraction of sp³-hybridized carbons (Fsp3) is 0.231. The molecule has 0 aliphatic rings. The van der Waals surface area contributed by atoms with E-state index in [9.17, 15) is 0 Å².